The second kappa shape index (κ2) is 8.81. The Kier molecular flexibility index (Phi) is 7.04. The van der Waals surface area contributed by atoms with E-state index in [-0.39, 0.29) is 12.8 Å². The molecule has 2 aliphatic rings. The molecule has 0 unspecified atom stereocenters. The van der Waals surface area contributed by atoms with Crippen molar-refractivity contribution in [1.82, 2.24) is 0 Å². The van der Waals surface area contributed by atoms with Gasteiger partial charge < -0.3 is 19.7 Å². The Morgan fingerprint density at radius 1 is 0.667 bits per heavy atom. The van der Waals surface area contributed by atoms with E-state index in [1.807, 2.05) is 0 Å². The van der Waals surface area contributed by atoms with Crippen molar-refractivity contribution < 1.29 is 29.3 Å². The molecule has 0 atom stereocenters. The fourth-order valence-corrected chi connectivity index (χ4v) is 3.48. The minimum absolute atomic E-state index is 0.180. The molecule has 0 saturated heterocycles. The van der Waals surface area contributed by atoms with Crippen molar-refractivity contribution in [3.8, 4) is 0 Å². The standard InChI is InChI=1S/C18H30O6/c19-15(23-17(21)11-5-1-6-12-17)9-3-4-10-16(20)24-18(22)13-7-2-8-14-18/h21-22H,1-14H2. The van der Waals surface area contributed by atoms with E-state index in [1.165, 1.54) is 0 Å². The highest BCUT2D eigenvalue weighted by atomic mass is 16.7. The van der Waals surface area contributed by atoms with E-state index < -0.39 is 23.5 Å². The van der Waals surface area contributed by atoms with Crippen LogP contribution in [-0.4, -0.2) is 33.7 Å². The second-order valence-corrected chi connectivity index (χ2v) is 7.17. The van der Waals surface area contributed by atoms with E-state index in [1.54, 1.807) is 0 Å². The molecule has 0 aliphatic heterocycles. The van der Waals surface area contributed by atoms with Crippen LogP contribution >= 0.6 is 0 Å². The lowest BCUT2D eigenvalue weighted by Gasteiger charge is -2.31. The summed E-state index contributed by atoms with van der Waals surface area (Å²) in [5.74, 6) is -3.42. The summed E-state index contributed by atoms with van der Waals surface area (Å²) in [6.07, 6.45) is 9.00. The molecular weight excluding hydrogens is 312 g/mol. The van der Waals surface area contributed by atoms with Crippen LogP contribution < -0.4 is 0 Å². The summed E-state index contributed by atoms with van der Waals surface area (Å²) in [4.78, 5) is 23.6. The molecule has 0 spiro atoms. The lowest BCUT2D eigenvalue weighted by molar-refractivity contribution is -0.222. The molecule has 2 fully saturated rings. The first-order valence-electron chi connectivity index (χ1n) is 9.29. The Balaban J connectivity index is 1.58. The minimum Gasteiger partial charge on any atom is -0.433 e. The lowest BCUT2D eigenvalue weighted by atomic mass is 9.94. The average molecular weight is 342 g/mol. The molecule has 6 heteroatoms. The molecule has 2 aliphatic carbocycles. The van der Waals surface area contributed by atoms with E-state index in [4.69, 9.17) is 9.47 Å². The molecule has 0 heterocycles. The highest BCUT2D eigenvalue weighted by Crippen LogP contribution is 2.30. The average Bonchev–Trinajstić information content (AvgIpc) is 2.52. The highest BCUT2D eigenvalue weighted by Gasteiger charge is 2.34. The second-order valence-electron chi connectivity index (χ2n) is 7.17. The Labute approximate surface area is 143 Å². The van der Waals surface area contributed by atoms with Crippen LogP contribution in [0.1, 0.15) is 89.9 Å². The summed E-state index contributed by atoms with van der Waals surface area (Å²) in [6, 6.07) is 0. The first-order chi connectivity index (χ1) is 11.4. The highest BCUT2D eigenvalue weighted by molar-refractivity contribution is 5.71. The number of rotatable bonds is 7. The number of esters is 2. The van der Waals surface area contributed by atoms with Gasteiger partial charge in [0.25, 0.3) is 0 Å². The molecule has 24 heavy (non-hydrogen) atoms. The first kappa shape index (κ1) is 19.2. The molecule has 0 aromatic rings. The first-order valence-corrected chi connectivity index (χ1v) is 9.29. The third-order valence-corrected chi connectivity index (χ3v) is 4.89. The van der Waals surface area contributed by atoms with Crippen molar-refractivity contribution >= 4 is 11.9 Å². The number of unbranched alkanes of at least 4 members (excludes halogenated alkanes) is 1. The van der Waals surface area contributed by atoms with E-state index >= 15 is 0 Å². The molecule has 2 N–H and O–H groups in total. The monoisotopic (exact) mass is 342 g/mol. The molecule has 6 nitrogen and oxygen atoms in total. The van der Waals surface area contributed by atoms with Gasteiger partial charge in [0.1, 0.15) is 0 Å². The number of ether oxygens (including phenoxy) is 2. The maximum Gasteiger partial charge on any atom is 0.308 e. The number of hydrogen-bond acceptors (Lipinski definition) is 6. The van der Waals surface area contributed by atoms with E-state index in [0.29, 0.717) is 38.5 Å². The molecule has 0 aromatic heterocycles. The van der Waals surface area contributed by atoms with Crippen molar-refractivity contribution in [3.05, 3.63) is 0 Å². The van der Waals surface area contributed by atoms with Crippen molar-refractivity contribution in [1.29, 1.82) is 0 Å². The van der Waals surface area contributed by atoms with Gasteiger partial charge in [-0.3, -0.25) is 9.59 Å². The Morgan fingerprint density at radius 2 is 1.00 bits per heavy atom. The van der Waals surface area contributed by atoms with Gasteiger partial charge in [0.2, 0.25) is 11.6 Å². The van der Waals surface area contributed by atoms with Gasteiger partial charge in [-0.2, -0.15) is 0 Å². The zero-order chi connectivity index (χ0) is 17.5. The van der Waals surface area contributed by atoms with Gasteiger partial charge in [0.15, 0.2) is 0 Å². The van der Waals surface area contributed by atoms with Crippen LogP contribution in [-0.2, 0) is 19.1 Å². The van der Waals surface area contributed by atoms with Gasteiger partial charge in [0.05, 0.1) is 0 Å². The molecule has 2 saturated carbocycles. The van der Waals surface area contributed by atoms with Gasteiger partial charge in [-0.25, -0.2) is 0 Å². The van der Waals surface area contributed by atoms with Crippen LogP contribution in [0.15, 0.2) is 0 Å². The van der Waals surface area contributed by atoms with Crippen molar-refractivity contribution in [2.75, 3.05) is 0 Å². The van der Waals surface area contributed by atoms with Crippen LogP contribution in [0.4, 0.5) is 0 Å². The van der Waals surface area contributed by atoms with Gasteiger partial charge in [-0.05, 0) is 38.5 Å². The summed E-state index contributed by atoms with van der Waals surface area (Å²) >= 11 is 0. The molecule has 0 aromatic carbocycles. The van der Waals surface area contributed by atoms with Crippen molar-refractivity contribution in [3.63, 3.8) is 0 Å². The number of aliphatic hydroxyl groups is 2. The minimum atomic E-state index is -1.29. The number of hydrogen-bond donors (Lipinski definition) is 2. The molecule has 138 valence electrons. The van der Waals surface area contributed by atoms with E-state index in [0.717, 1.165) is 38.5 Å². The molecule has 0 amide bonds. The predicted octanol–water partition coefficient (Wildman–Crippen LogP) is 2.94. The number of carbonyl (C=O) groups is 2. The van der Waals surface area contributed by atoms with Crippen molar-refractivity contribution in [2.45, 2.75) is 101 Å². The third kappa shape index (κ3) is 6.40. The fourth-order valence-electron chi connectivity index (χ4n) is 3.48. The van der Waals surface area contributed by atoms with Crippen LogP contribution in [0.2, 0.25) is 0 Å². The van der Waals surface area contributed by atoms with Crippen LogP contribution in [0.25, 0.3) is 0 Å². The van der Waals surface area contributed by atoms with E-state index in [9.17, 15) is 19.8 Å². The van der Waals surface area contributed by atoms with Crippen molar-refractivity contribution in [2.24, 2.45) is 0 Å². The smallest absolute Gasteiger partial charge is 0.308 e. The third-order valence-electron chi connectivity index (χ3n) is 4.89. The SMILES string of the molecule is O=C(CCCCC(=O)OC1(O)CCCCC1)OC1(O)CCCCC1. The summed E-state index contributed by atoms with van der Waals surface area (Å²) in [6.45, 7) is 0. The Hall–Kier alpha value is -1.14. The maximum atomic E-state index is 11.8. The van der Waals surface area contributed by atoms with Gasteiger partial charge in [0, 0.05) is 38.5 Å². The van der Waals surface area contributed by atoms with Crippen LogP contribution in [0, 0.1) is 0 Å². The Morgan fingerprint density at radius 3 is 1.33 bits per heavy atom. The van der Waals surface area contributed by atoms with Crippen LogP contribution in [0.5, 0.6) is 0 Å². The zero-order valence-corrected chi connectivity index (χ0v) is 14.4. The number of carbonyl (C=O) groups excluding carboxylic acids is 2. The Bertz CT molecular complexity index is 381. The summed E-state index contributed by atoms with van der Waals surface area (Å²) < 4.78 is 10.4. The predicted molar refractivity (Wildman–Crippen MR) is 86.7 cm³/mol. The molecule has 0 radical (unpaired) electrons. The fraction of sp³-hybridized carbons (Fsp3) is 0.889. The normalized spacial score (nSPS) is 22.6. The summed E-state index contributed by atoms with van der Waals surface area (Å²) in [5.41, 5.74) is 0. The summed E-state index contributed by atoms with van der Waals surface area (Å²) in [7, 11) is 0. The van der Waals surface area contributed by atoms with Gasteiger partial charge >= 0.3 is 11.9 Å². The molecule has 2 rings (SSSR count). The van der Waals surface area contributed by atoms with Crippen LogP contribution in [0.3, 0.4) is 0 Å². The maximum absolute atomic E-state index is 11.8. The largest absolute Gasteiger partial charge is 0.433 e. The molecule has 0 bridgehead atoms. The van der Waals surface area contributed by atoms with Gasteiger partial charge in [-0.1, -0.05) is 12.8 Å². The van der Waals surface area contributed by atoms with Gasteiger partial charge in [-0.15, -0.1) is 0 Å². The lowest BCUT2D eigenvalue weighted by Crippen LogP contribution is -2.37. The topological polar surface area (TPSA) is 93.1 Å². The molecular formula is C18H30O6. The summed E-state index contributed by atoms with van der Waals surface area (Å²) in [5, 5.41) is 20.3. The van der Waals surface area contributed by atoms with E-state index in [2.05, 4.69) is 0 Å². The quantitative estimate of drug-likeness (QED) is 0.420. The zero-order valence-electron chi connectivity index (χ0n) is 14.4.